The van der Waals surface area contributed by atoms with Gasteiger partial charge in [-0.15, -0.1) is 0 Å². The molecule has 1 atom stereocenters. The first kappa shape index (κ1) is 23.7. The van der Waals surface area contributed by atoms with Gasteiger partial charge in [-0.25, -0.2) is 9.59 Å². The monoisotopic (exact) mass is 436 g/mol. The van der Waals surface area contributed by atoms with Gasteiger partial charge in [0.2, 0.25) is 0 Å². The fraction of sp³-hybridized carbons (Fsp3) is 0.385. The van der Waals surface area contributed by atoms with Crippen molar-refractivity contribution < 1.29 is 19.8 Å². The molecule has 2 heterocycles. The maximum atomic E-state index is 9.55. The second kappa shape index (κ2) is 11.6. The molecule has 0 amide bonds. The van der Waals surface area contributed by atoms with Crippen molar-refractivity contribution in [3.63, 3.8) is 0 Å². The van der Waals surface area contributed by atoms with Gasteiger partial charge in [0.15, 0.2) is 0 Å². The molecule has 2 N–H and O–H groups in total. The van der Waals surface area contributed by atoms with Crippen LogP contribution in [-0.4, -0.2) is 58.6 Å². The van der Waals surface area contributed by atoms with Crippen LogP contribution in [-0.2, 0) is 29.1 Å². The quantitative estimate of drug-likeness (QED) is 0.712. The molecule has 170 valence electrons. The third-order valence-corrected chi connectivity index (χ3v) is 6.01. The standard InChI is InChI=1S/C22H28N2.C4H4O4/c1-23-12-6-7-18(14-23)15-24-16-21-10-4-2-8-19(21)13-20-9-3-5-11-22(20)17-24;5-3(6)1-2-4(7)8/h2-5,8-11,18H,6-7,12-17H2,1H3;1-2H,(H,5,6)(H,7,8)/b;2-1-. The van der Waals surface area contributed by atoms with Crippen molar-refractivity contribution in [2.75, 3.05) is 26.7 Å². The lowest BCUT2D eigenvalue weighted by atomic mass is 9.92. The summed E-state index contributed by atoms with van der Waals surface area (Å²) in [6.07, 6.45) is 4.92. The Labute approximate surface area is 189 Å². The Morgan fingerprint density at radius 3 is 1.88 bits per heavy atom. The summed E-state index contributed by atoms with van der Waals surface area (Å²) in [6.45, 7) is 5.91. The summed E-state index contributed by atoms with van der Waals surface area (Å²) in [5, 5.41) is 15.6. The molecule has 6 heteroatoms. The Hall–Kier alpha value is -2.96. The van der Waals surface area contributed by atoms with E-state index in [0.717, 1.165) is 25.4 Å². The van der Waals surface area contributed by atoms with Crippen LogP contribution < -0.4 is 0 Å². The molecule has 0 spiro atoms. The molecule has 32 heavy (non-hydrogen) atoms. The first-order chi connectivity index (χ1) is 15.4. The van der Waals surface area contributed by atoms with E-state index in [1.807, 2.05) is 0 Å². The van der Waals surface area contributed by atoms with Crippen molar-refractivity contribution in [2.24, 2.45) is 5.92 Å². The van der Waals surface area contributed by atoms with Crippen molar-refractivity contribution in [1.82, 2.24) is 9.80 Å². The van der Waals surface area contributed by atoms with Crippen LogP contribution in [0.1, 0.15) is 35.1 Å². The summed E-state index contributed by atoms with van der Waals surface area (Å²) in [5.74, 6) is -1.71. The molecule has 1 unspecified atom stereocenters. The molecule has 1 fully saturated rings. The second-order valence-electron chi connectivity index (χ2n) is 8.66. The van der Waals surface area contributed by atoms with E-state index in [1.165, 1.54) is 54.7 Å². The summed E-state index contributed by atoms with van der Waals surface area (Å²) in [4.78, 5) is 24.3. The van der Waals surface area contributed by atoms with E-state index in [9.17, 15) is 9.59 Å². The number of fused-ring (bicyclic) bond motifs is 2. The van der Waals surface area contributed by atoms with Crippen LogP contribution in [0.3, 0.4) is 0 Å². The van der Waals surface area contributed by atoms with Crippen molar-refractivity contribution in [2.45, 2.75) is 32.4 Å². The summed E-state index contributed by atoms with van der Waals surface area (Å²) >= 11 is 0. The molecule has 0 bridgehead atoms. The van der Waals surface area contributed by atoms with Gasteiger partial charge in [-0.2, -0.15) is 0 Å². The lowest BCUT2D eigenvalue weighted by Gasteiger charge is -2.35. The average Bonchev–Trinajstić information content (AvgIpc) is 2.74. The van der Waals surface area contributed by atoms with Gasteiger partial charge >= 0.3 is 11.9 Å². The molecule has 4 rings (SSSR count). The molecule has 2 aliphatic rings. The lowest BCUT2D eigenvalue weighted by molar-refractivity contribution is -0.134. The first-order valence-electron chi connectivity index (χ1n) is 11.1. The number of carboxylic acids is 2. The molecular formula is C26H32N2O4. The summed E-state index contributed by atoms with van der Waals surface area (Å²) in [7, 11) is 2.27. The highest BCUT2D eigenvalue weighted by Gasteiger charge is 2.22. The van der Waals surface area contributed by atoms with Crippen LogP contribution in [0, 0.1) is 5.92 Å². The topological polar surface area (TPSA) is 81.1 Å². The summed E-state index contributed by atoms with van der Waals surface area (Å²) < 4.78 is 0. The van der Waals surface area contributed by atoms with Crippen LogP contribution in [0.2, 0.25) is 0 Å². The summed E-state index contributed by atoms with van der Waals surface area (Å²) in [6, 6.07) is 18.0. The Morgan fingerprint density at radius 2 is 1.41 bits per heavy atom. The van der Waals surface area contributed by atoms with Gasteiger partial charge < -0.3 is 15.1 Å². The van der Waals surface area contributed by atoms with E-state index in [2.05, 4.69) is 65.4 Å². The van der Waals surface area contributed by atoms with E-state index < -0.39 is 11.9 Å². The normalized spacial score (nSPS) is 19.1. The molecule has 0 saturated carbocycles. The van der Waals surface area contributed by atoms with Gasteiger partial charge in [-0.05, 0) is 61.0 Å². The van der Waals surface area contributed by atoms with E-state index in [4.69, 9.17) is 10.2 Å². The third-order valence-electron chi connectivity index (χ3n) is 6.01. The highest BCUT2D eigenvalue weighted by Crippen LogP contribution is 2.26. The van der Waals surface area contributed by atoms with E-state index >= 15 is 0 Å². The maximum absolute atomic E-state index is 9.55. The molecule has 0 aromatic heterocycles. The van der Waals surface area contributed by atoms with Crippen LogP contribution >= 0.6 is 0 Å². The minimum atomic E-state index is -1.26. The Balaban J connectivity index is 0.000000312. The average molecular weight is 437 g/mol. The third kappa shape index (κ3) is 7.32. The van der Waals surface area contributed by atoms with Crippen molar-refractivity contribution in [3.8, 4) is 0 Å². The van der Waals surface area contributed by atoms with Gasteiger partial charge in [0.05, 0.1) is 0 Å². The Kier molecular flexibility index (Phi) is 8.59. The number of hydrogen-bond donors (Lipinski definition) is 2. The van der Waals surface area contributed by atoms with Crippen molar-refractivity contribution in [3.05, 3.63) is 82.9 Å². The van der Waals surface area contributed by atoms with E-state index in [1.54, 1.807) is 0 Å². The smallest absolute Gasteiger partial charge is 0.328 e. The molecule has 0 aliphatic carbocycles. The van der Waals surface area contributed by atoms with Gasteiger partial charge in [-0.1, -0.05) is 48.5 Å². The molecule has 2 aromatic carbocycles. The van der Waals surface area contributed by atoms with Crippen LogP contribution in [0.4, 0.5) is 0 Å². The van der Waals surface area contributed by atoms with Crippen LogP contribution in [0.5, 0.6) is 0 Å². The Bertz CT molecular complexity index is 893. The second-order valence-corrected chi connectivity index (χ2v) is 8.66. The number of likely N-dealkylation sites (tertiary alicyclic amines) is 1. The van der Waals surface area contributed by atoms with Crippen molar-refractivity contribution in [1.29, 1.82) is 0 Å². The Morgan fingerprint density at radius 1 is 0.906 bits per heavy atom. The van der Waals surface area contributed by atoms with Gasteiger partial charge in [0.1, 0.15) is 0 Å². The number of piperidine rings is 1. The number of carboxylic acid groups (broad SMARTS) is 2. The van der Waals surface area contributed by atoms with Crippen molar-refractivity contribution >= 4 is 11.9 Å². The lowest BCUT2D eigenvalue weighted by Crippen LogP contribution is -2.39. The molecule has 2 aliphatic heterocycles. The van der Waals surface area contributed by atoms with E-state index in [0.29, 0.717) is 12.2 Å². The van der Waals surface area contributed by atoms with E-state index in [-0.39, 0.29) is 0 Å². The van der Waals surface area contributed by atoms with Crippen LogP contribution in [0.25, 0.3) is 0 Å². The summed E-state index contributed by atoms with van der Waals surface area (Å²) in [5.41, 5.74) is 6.01. The molecular weight excluding hydrogens is 404 g/mol. The predicted molar refractivity (Wildman–Crippen MR) is 124 cm³/mol. The number of hydrogen-bond acceptors (Lipinski definition) is 4. The fourth-order valence-corrected chi connectivity index (χ4v) is 4.57. The largest absolute Gasteiger partial charge is 0.478 e. The number of carbonyl (C=O) groups is 2. The number of nitrogens with zero attached hydrogens (tertiary/aromatic N) is 2. The zero-order valence-corrected chi connectivity index (χ0v) is 18.6. The molecule has 2 aromatic rings. The number of benzene rings is 2. The molecule has 0 radical (unpaired) electrons. The highest BCUT2D eigenvalue weighted by molar-refractivity contribution is 5.89. The van der Waals surface area contributed by atoms with Gasteiger partial charge in [0.25, 0.3) is 0 Å². The first-order valence-corrected chi connectivity index (χ1v) is 11.1. The van der Waals surface area contributed by atoms with Gasteiger partial charge in [0, 0.05) is 38.3 Å². The minimum absolute atomic E-state index is 0.558. The highest BCUT2D eigenvalue weighted by atomic mass is 16.4. The zero-order chi connectivity index (χ0) is 22.9. The zero-order valence-electron chi connectivity index (χ0n) is 18.6. The number of rotatable bonds is 4. The fourth-order valence-electron chi connectivity index (χ4n) is 4.57. The molecule has 1 saturated heterocycles. The predicted octanol–water partition coefficient (Wildman–Crippen LogP) is 3.65. The molecule has 6 nitrogen and oxygen atoms in total. The maximum Gasteiger partial charge on any atom is 0.328 e. The number of aliphatic carboxylic acids is 2. The minimum Gasteiger partial charge on any atom is -0.478 e. The van der Waals surface area contributed by atoms with Gasteiger partial charge in [-0.3, -0.25) is 4.90 Å². The van der Waals surface area contributed by atoms with Crippen LogP contribution in [0.15, 0.2) is 60.7 Å². The SMILES string of the molecule is CN1CCCC(CN2Cc3ccccc3Cc3ccccc3C2)C1.O=C(O)/C=C\C(=O)O.